The summed E-state index contributed by atoms with van der Waals surface area (Å²) >= 11 is 0. The molecule has 76 valence electrons. The second-order valence-electron chi connectivity index (χ2n) is 4.66. The third-order valence-electron chi connectivity index (χ3n) is 3.41. The van der Waals surface area contributed by atoms with Crippen LogP contribution in [-0.2, 0) is 13.1 Å². The minimum atomic E-state index is 0.683. The molecule has 1 aromatic rings. The fourth-order valence-corrected chi connectivity index (χ4v) is 2.07. The van der Waals surface area contributed by atoms with Gasteiger partial charge in [0.1, 0.15) is 0 Å². The third kappa shape index (κ3) is 1.69. The van der Waals surface area contributed by atoms with Crippen LogP contribution >= 0.6 is 0 Å². The smallest absolute Gasteiger partial charge is 0.0243 e. The lowest BCUT2D eigenvalue weighted by Crippen LogP contribution is -2.32. The highest BCUT2D eigenvalue weighted by molar-refractivity contribution is 5.30. The second kappa shape index (κ2) is 3.74. The van der Waals surface area contributed by atoms with Crippen molar-refractivity contribution in [2.75, 3.05) is 0 Å². The Labute approximate surface area is 86.7 Å². The zero-order valence-electron chi connectivity index (χ0n) is 9.33. The van der Waals surface area contributed by atoms with E-state index in [2.05, 4.69) is 49.9 Å². The van der Waals surface area contributed by atoms with Crippen molar-refractivity contribution >= 4 is 0 Å². The normalized spacial score (nSPS) is 18.6. The van der Waals surface area contributed by atoms with Gasteiger partial charge in [0.15, 0.2) is 0 Å². The summed E-state index contributed by atoms with van der Waals surface area (Å²) in [6, 6.07) is 9.47. The van der Waals surface area contributed by atoms with Gasteiger partial charge in [-0.05, 0) is 24.0 Å². The van der Waals surface area contributed by atoms with E-state index >= 15 is 0 Å². The molecule has 0 radical (unpaired) electrons. The SMILES string of the molecule is CC(C)[C@H](C)N1Cc2ccccc2C1. The largest absolute Gasteiger partial charge is 0.292 e. The Morgan fingerprint density at radius 1 is 1.00 bits per heavy atom. The van der Waals surface area contributed by atoms with Crippen molar-refractivity contribution in [2.45, 2.75) is 39.9 Å². The Hall–Kier alpha value is -0.820. The van der Waals surface area contributed by atoms with Gasteiger partial charge in [0.25, 0.3) is 0 Å². The number of hydrogen-bond donors (Lipinski definition) is 0. The van der Waals surface area contributed by atoms with Gasteiger partial charge in [-0.15, -0.1) is 0 Å². The van der Waals surface area contributed by atoms with E-state index < -0.39 is 0 Å². The van der Waals surface area contributed by atoms with E-state index in [-0.39, 0.29) is 0 Å². The topological polar surface area (TPSA) is 3.24 Å². The van der Waals surface area contributed by atoms with Crippen molar-refractivity contribution < 1.29 is 0 Å². The van der Waals surface area contributed by atoms with Crippen LogP contribution in [0, 0.1) is 5.92 Å². The van der Waals surface area contributed by atoms with E-state index in [1.54, 1.807) is 0 Å². The molecular weight excluding hydrogens is 170 g/mol. The molecule has 1 atom stereocenters. The lowest BCUT2D eigenvalue weighted by molar-refractivity contribution is 0.170. The van der Waals surface area contributed by atoms with Gasteiger partial charge in [-0.2, -0.15) is 0 Å². The van der Waals surface area contributed by atoms with E-state index in [4.69, 9.17) is 0 Å². The van der Waals surface area contributed by atoms with Crippen LogP contribution in [0.2, 0.25) is 0 Å². The van der Waals surface area contributed by atoms with Crippen molar-refractivity contribution in [1.29, 1.82) is 0 Å². The number of rotatable bonds is 2. The molecule has 0 fully saturated rings. The summed E-state index contributed by atoms with van der Waals surface area (Å²) in [6.45, 7) is 9.20. The molecule has 14 heavy (non-hydrogen) atoms. The molecule has 0 spiro atoms. The first kappa shape index (κ1) is 9.72. The molecule has 0 saturated heterocycles. The van der Waals surface area contributed by atoms with Crippen molar-refractivity contribution in [3.05, 3.63) is 35.4 Å². The molecule has 0 unspecified atom stereocenters. The van der Waals surface area contributed by atoms with Crippen LogP contribution in [0.3, 0.4) is 0 Å². The number of benzene rings is 1. The predicted octanol–water partition coefficient (Wildman–Crippen LogP) is 3.05. The maximum absolute atomic E-state index is 2.56. The van der Waals surface area contributed by atoms with Gasteiger partial charge in [0, 0.05) is 19.1 Å². The fourth-order valence-electron chi connectivity index (χ4n) is 2.07. The molecule has 1 aliphatic rings. The third-order valence-corrected chi connectivity index (χ3v) is 3.41. The van der Waals surface area contributed by atoms with Crippen molar-refractivity contribution in [2.24, 2.45) is 5.92 Å². The summed E-state index contributed by atoms with van der Waals surface area (Å²) in [5.74, 6) is 0.740. The summed E-state index contributed by atoms with van der Waals surface area (Å²) in [5, 5.41) is 0. The Bertz CT molecular complexity index is 292. The van der Waals surface area contributed by atoms with Crippen LogP contribution in [0.15, 0.2) is 24.3 Å². The highest BCUT2D eigenvalue weighted by Crippen LogP contribution is 2.26. The summed E-state index contributed by atoms with van der Waals surface area (Å²) < 4.78 is 0. The molecule has 0 aromatic heterocycles. The van der Waals surface area contributed by atoms with Gasteiger partial charge < -0.3 is 0 Å². The summed E-state index contributed by atoms with van der Waals surface area (Å²) in [5.41, 5.74) is 3.03. The minimum Gasteiger partial charge on any atom is -0.292 e. The summed E-state index contributed by atoms with van der Waals surface area (Å²) in [4.78, 5) is 2.56. The fraction of sp³-hybridized carbons (Fsp3) is 0.538. The van der Waals surface area contributed by atoms with Crippen LogP contribution in [0.25, 0.3) is 0 Å². The van der Waals surface area contributed by atoms with Crippen LogP contribution in [0.4, 0.5) is 0 Å². The van der Waals surface area contributed by atoms with Crippen molar-refractivity contribution in [3.8, 4) is 0 Å². The molecular formula is C13H19N. The van der Waals surface area contributed by atoms with Crippen molar-refractivity contribution in [3.63, 3.8) is 0 Å². The quantitative estimate of drug-likeness (QED) is 0.691. The average molecular weight is 189 g/mol. The second-order valence-corrected chi connectivity index (χ2v) is 4.66. The Morgan fingerprint density at radius 2 is 1.50 bits per heavy atom. The molecule has 1 aromatic carbocycles. The number of hydrogen-bond acceptors (Lipinski definition) is 1. The number of nitrogens with zero attached hydrogens (tertiary/aromatic N) is 1. The predicted molar refractivity (Wildman–Crippen MR) is 60.0 cm³/mol. The van der Waals surface area contributed by atoms with Crippen LogP contribution in [-0.4, -0.2) is 10.9 Å². The van der Waals surface area contributed by atoms with Gasteiger partial charge in [0.2, 0.25) is 0 Å². The first-order chi connectivity index (χ1) is 6.68. The van der Waals surface area contributed by atoms with E-state index in [1.165, 1.54) is 11.1 Å². The van der Waals surface area contributed by atoms with E-state index in [1.807, 2.05) is 0 Å². The molecule has 1 nitrogen and oxygen atoms in total. The Kier molecular flexibility index (Phi) is 2.60. The van der Waals surface area contributed by atoms with Gasteiger partial charge in [-0.25, -0.2) is 0 Å². The lowest BCUT2D eigenvalue weighted by atomic mass is 10.1. The Balaban J connectivity index is 2.12. The lowest BCUT2D eigenvalue weighted by Gasteiger charge is -2.26. The molecule has 1 heteroatoms. The maximum atomic E-state index is 2.56. The van der Waals surface area contributed by atoms with Crippen LogP contribution in [0.5, 0.6) is 0 Å². The molecule has 0 aliphatic carbocycles. The summed E-state index contributed by atoms with van der Waals surface area (Å²) in [7, 11) is 0. The highest BCUT2D eigenvalue weighted by Gasteiger charge is 2.23. The average Bonchev–Trinajstić information content (AvgIpc) is 2.59. The molecule has 1 heterocycles. The zero-order valence-corrected chi connectivity index (χ0v) is 9.33. The van der Waals surface area contributed by atoms with Gasteiger partial charge in [-0.3, -0.25) is 4.90 Å². The van der Waals surface area contributed by atoms with Gasteiger partial charge in [0.05, 0.1) is 0 Å². The monoisotopic (exact) mass is 189 g/mol. The Morgan fingerprint density at radius 3 is 1.93 bits per heavy atom. The van der Waals surface area contributed by atoms with Gasteiger partial charge >= 0.3 is 0 Å². The van der Waals surface area contributed by atoms with Crippen molar-refractivity contribution in [1.82, 2.24) is 4.90 Å². The molecule has 0 saturated carbocycles. The van der Waals surface area contributed by atoms with E-state index in [0.29, 0.717) is 6.04 Å². The maximum Gasteiger partial charge on any atom is 0.0243 e. The number of fused-ring (bicyclic) bond motifs is 1. The first-order valence-corrected chi connectivity index (χ1v) is 5.49. The summed E-state index contributed by atoms with van der Waals surface area (Å²) in [6.07, 6.45) is 0. The minimum absolute atomic E-state index is 0.683. The van der Waals surface area contributed by atoms with Crippen LogP contribution in [0.1, 0.15) is 31.9 Å². The molecule has 1 aliphatic heterocycles. The van der Waals surface area contributed by atoms with Crippen LogP contribution < -0.4 is 0 Å². The molecule has 0 amide bonds. The van der Waals surface area contributed by atoms with E-state index in [9.17, 15) is 0 Å². The molecule has 0 N–H and O–H groups in total. The standard InChI is InChI=1S/C13H19N/c1-10(2)11(3)14-8-12-6-4-5-7-13(12)9-14/h4-7,10-11H,8-9H2,1-3H3/t11-/m0/s1. The first-order valence-electron chi connectivity index (χ1n) is 5.49. The van der Waals surface area contributed by atoms with Gasteiger partial charge in [-0.1, -0.05) is 38.1 Å². The van der Waals surface area contributed by atoms with E-state index in [0.717, 1.165) is 19.0 Å². The molecule has 2 rings (SSSR count). The zero-order chi connectivity index (χ0) is 10.1. The highest BCUT2D eigenvalue weighted by atomic mass is 15.2. The molecule has 0 bridgehead atoms.